The maximum Gasteiger partial charge on any atom is 0.161 e. The molecule has 0 heterocycles. The molecule has 0 saturated heterocycles. The van der Waals surface area contributed by atoms with Gasteiger partial charge in [-0.25, -0.2) is 0 Å². The highest BCUT2D eigenvalue weighted by molar-refractivity contribution is 5.42. The second kappa shape index (κ2) is 10.3. The Balaban J connectivity index is 1.57. The minimum absolute atomic E-state index is 0.773. The molecule has 0 saturated carbocycles. The van der Waals surface area contributed by atoms with Gasteiger partial charge in [-0.2, -0.15) is 0 Å². The molecule has 0 spiro atoms. The number of hydrogen-bond acceptors (Lipinski definition) is 4. The predicted molar refractivity (Wildman–Crippen MR) is 95.3 cm³/mol. The summed E-state index contributed by atoms with van der Waals surface area (Å²) in [5.74, 6) is 1.56. The highest BCUT2D eigenvalue weighted by Crippen LogP contribution is 2.27. The van der Waals surface area contributed by atoms with E-state index in [4.69, 9.17) is 9.47 Å². The van der Waals surface area contributed by atoms with E-state index in [1.54, 1.807) is 19.8 Å². The van der Waals surface area contributed by atoms with E-state index in [0.717, 1.165) is 37.7 Å². The van der Waals surface area contributed by atoms with E-state index < -0.39 is 0 Å². The van der Waals surface area contributed by atoms with Gasteiger partial charge in [-0.15, -0.1) is 0 Å². The number of rotatable bonds is 10. The van der Waals surface area contributed by atoms with Crippen molar-refractivity contribution in [2.75, 3.05) is 33.9 Å². The predicted octanol–water partition coefficient (Wildman–Crippen LogP) is 3.27. The third-order valence-electron chi connectivity index (χ3n) is 4.26. The summed E-state index contributed by atoms with van der Waals surface area (Å²) in [5.41, 5.74) is 2.84. The summed E-state index contributed by atoms with van der Waals surface area (Å²) in [6.45, 7) is 3.89. The maximum atomic E-state index is 5.32. The molecule has 4 heteroatoms. The largest absolute Gasteiger partial charge is 0.493 e. The van der Waals surface area contributed by atoms with Gasteiger partial charge < -0.3 is 20.1 Å². The normalized spacial score (nSPS) is 14.4. The lowest BCUT2D eigenvalue weighted by atomic mass is 9.97. The van der Waals surface area contributed by atoms with Gasteiger partial charge in [0, 0.05) is 19.6 Å². The van der Waals surface area contributed by atoms with Crippen molar-refractivity contribution in [2.45, 2.75) is 38.6 Å². The number of hydrogen-bond donors (Lipinski definition) is 2. The van der Waals surface area contributed by atoms with Gasteiger partial charge in [-0.1, -0.05) is 17.7 Å². The van der Waals surface area contributed by atoms with Crippen molar-refractivity contribution in [3.8, 4) is 11.5 Å². The zero-order valence-electron chi connectivity index (χ0n) is 14.5. The second-order valence-electron chi connectivity index (χ2n) is 5.97. The molecule has 0 aliphatic heterocycles. The first-order valence-corrected chi connectivity index (χ1v) is 8.63. The minimum Gasteiger partial charge on any atom is -0.493 e. The Bertz CT molecular complexity index is 500. The van der Waals surface area contributed by atoms with Crippen molar-refractivity contribution in [1.82, 2.24) is 10.6 Å². The van der Waals surface area contributed by atoms with Gasteiger partial charge in [0.1, 0.15) is 0 Å². The van der Waals surface area contributed by atoms with Crippen LogP contribution in [0.1, 0.15) is 37.7 Å². The molecule has 0 bridgehead atoms. The zero-order valence-corrected chi connectivity index (χ0v) is 14.5. The van der Waals surface area contributed by atoms with Gasteiger partial charge in [-0.3, -0.25) is 0 Å². The highest BCUT2D eigenvalue weighted by atomic mass is 16.5. The highest BCUT2D eigenvalue weighted by Gasteiger charge is 2.04. The summed E-state index contributed by atoms with van der Waals surface area (Å²) >= 11 is 0. The van der Waals surface area contributed by atoms with Crippen molar-refractivity contribution in [3.63, 3.8) is 0 Å². The molecule has 1 aromatic rings. The Hall–Kier alpha value is -1.52. The van der Waals surface area contributed by atoms with Gasteiger partial charge >= 0.3 is 0 Å². The molecule has 128 valence electrons. The third-order valence-corrected chi connectivity index (χ3v) is 4.26. The Kier molecular flexibility index (Phi) is 7.98. The van der Waals surface area contributed by atoms with Gasteiger partial charge in [0.2, 0.25) is 0 Å². The van der Waals surface area contributed by atoms with Crippen LogP contribution in [0, 0.1) is 0 Å². The monoisotopic (exact) mass is 318 g/mol. The van der Waals surface area contributed by atoms with Crippen molar-refractivity contribution in [1.29, 1.82) is 0 Å². The molecule has 23 heavy (non-hydrogen) atoms. The molecular formula is C19H30N2O2. The Morgan fingerprint density at radius 2 is 1.78 bits per heavy atom. The lowest BCUT2D eigenvalue weighted by Gasteiger charge is -2.13. The lowest BCUT2D eigenvalue weighted by Crippen LogP contribution is -2.27. The van der Waals surface area contributed by atoms with Gasteiger partial charge in [0.25, 0.3) is 0 Å². The van der Waals surface area contributed by atoms with E-state index in [1.807, 2.05) is 12.1 Å². The second-order valence-corrected chi connectivity index (χ2v) is 5.97. The van der Waals surface area contributed by atoms with Gasteiger partial charge in [-0.05, 0) is 56.3 Å². The molecule has 2 N–H and O–H groups in total. The van der Waals surface area contributed by atoms with E-state index in [0.29, 0.717) is 0 Å². The molecule has 1 aliphatic rings. The molecule has 1 aliphatic carbocycles. The van der Waals surface area contributed by atoms with Crippen LogP contribution in [0.25, 0.3) is 0 Å². The van der Waals surface area contributed by atoms with E-state index in [1.165, 1.54) is 37.7 Å². The molecule has 0 aromatic heterocycles. The molecule has 1 aromatic carbocycles. The van der Waals surface area contributed by atoms with Crippen molar-refractivity contribution in [2.24, 2.45) is 0 Å². The quantitative estimate of drug-likeness (QED) is 0.513. The Labute approximate surface area is 140 Å². The first-order chi connectivity index (χ1) is 11.3. The van der Waals surface area contributed by atoms with Crippen LogP contribution in [0.4, 0.5) is 0 Å². The van der Waals surface area contributed by atoms with Crippen LogP contribution in [0.5, 0.6) is 11.5 Å². The van der Waals surface area contributed by atoms with E-state index >= 15 is 0 Å². The van der Waals surface area contributed by atoms with Crippen LogP contribution in [-0.2, 0) is 6.54 Å². The number of methoxy groups -OCH3 is 2. The molecule has 0 unspecified atom stereocenters. The van der Waals surface area contributed by atoms with Crippen molar-refractivity contribution in [3.05, 3.63) is 35.4 Å². The van der Waals surface area contributed by atoms with Crippen LogP contribution in [0.15, 0.2) is 29.8 Å². The molecule has 2 rings (SSSR count). The first kappa shape index (κ1) is 17.8. The van der Waals surface area contributed by atoms with Crippen molar-refractivity contribution >= 4 is 0 Å². The molecule has 0 atom stereocenters. The molecular weight excluding hydrogens is 288 g/mol. The summed E-state index contributed by atoms with van der Waals surface area (Å²) < 4.78 is 10.6. The minimum atomic E-state index is 0.773. The SMILES string of the molecule is COc1ccc(CNCCNCCC2=CCCCC2)cc1OC. The first-order valence-electron chi connectivity index (χ1n) is 8.63. The number of benzene rings is 1. The van der Waals surface area contributed by atoms with Crippen molar-refractivity contribution < 1.29 is 9.47 Å². The summed E-state index contributed by atoms with van der Waals surface area (Å²) in [6, 6.07) is 6.04. The summed E-state index contributed by atoms with van der Waals surface area (Å²) in [5, 5.41) is 6.97. The maximum absolute atomic E-state index is 5.32. The third kappa shape index (κ3) is 6.24. The van der Waals surface area contributed by atoms with E-state index in [-0.39, 0.29) is 0 Å². The van der Waals surface area contributed by atoms with Crippen LogP contribution in [-0.4, -0.2) is 33.9 Å². The fraction of sp³-hybridized carbons (Fsp3) is 0.579. The van der Waals surface area contributed by atoms with E-state index in [2.05, 4.69) is 22.8 Å². The lowest BCUT2D eigenvalue weighted by molar-refractivity contribution is 0.354. The number of ether oxygens (including phenoxy) is 2. The summed E-state index contributed by atoms with van der Waals surface area (Å²) in [7, 11) is 3.32. The van der Waals surface area contributed by atoms with Gasteiger partial charge in [0.05, 0.1) is 14.2 Å². The zero-order chi connectivity index (χ0) is 16.3. The average molecular weight is 318 g/mol. The van der Waals surface area contributed by atoms with Crippen LogP contribution >= 0.6 is 0 Å². The molecule has 4 nitrogen and oxygen atoms in total. The fourth-order valence-electron chi connectivity index (χ4n) is 2.91. The topological polar surface area (TPSA) is 42.5 Å². The van der Waals surface area contributed by atoms with E-state index in [9.17, 15) is 0 Å². The molecule has 0 fully saturated rings. The average Bonchev–Trinajstić information content (AvgIpc) is 2.61. The summed E-state index contributed by atoms with van der Waals surface area (Å²) in [4.78, 5) is 0. The summed E-state index contributed by atoms with van der Waals surface area (Å²) in [6.07, 6.45) is 8.97. The number of allylic oxidation sites excluding steroid dienone is 1. The van der Waals surface area contributed by atoms with Crippen LogP contribution in [0.3, 0.4) is 0 Å². The fourth-order valence-corrected chi connectivity index (χ4v) is 2.91. The number of nitrogens with one attached hydrogen (secondary N) is 2. The molecule has 0 radical (unpaired) electrons. The Morgan fingerprint density at radius 1 is 0.957 bits per heavy atom. The standard InChI is InChI=1S/C19H30N2O2/c1-22-18-9-8-17(14-19(18)23-2)15-21-13-12-20-11-10-16-6-4-3-5-7-16/h6,8-9,14,20-21H,3-5,7,10-13,15H2,1-2H3. The van der Waals surface area contributed by atoms with Crippen LogP contribution < -0.4 is 20.1 Å². The molecule has 0 amide bonds. The smallest absolute Gasteiger partial charge is 0.161 e. The Morgan fingerprint density at radius 3 is 2.52 bits per heavy atom. The van der Waals surface area contributed by atoms with Gasteiger partial charge in [0.15, 0.2) is 11.5 Å². The van der Waals surface area contributed by atoms with Crippen LogP contribution in [0.2, 0.25) is 0 Å².